The maximum absolute atomic E-state index is 12.6. The molecule has 0 aliphatic heterocycles. The van der Waals surface area contributed by atoms with Crippen molar-refractivity contribution in [3.63, 3.8) is 0 Å². The molecular weight excluding hydrogens is 334 g/mol. The van der Waals surface area contributed by atoms with Gasteiger partial charge in [-0.15, -0.1) is 0 Å². The molecule has 2 aromatic rings. The Kier molecular flexibility index (Phi) is 6.28. The van der Waals surface area contributed by atoms with Crippen LogP contribution in [0.2, 0.25) is 0 Å². The van der Waals surface area contributed by atoms with Gasteiger partial charge in [-0.2, -0.15) is 5.26 Å². The minimum Gasteiger partial charge on any atom is -0.477 e. The molecule has 7 heteroatoms. The Morgan fingerprint density at radius 2 is 1.88 bits per heavy atom. The minimum atomic E-state index is -0.558. The molecule has 134 valence electrons. The Labute approximate surface area is 151 Å². The van der Waals surface area contributed by atoms with Gasteiger partial charge in [0.1, 0.15) is 0 Å². The van der Waals surface area contributed by atoms with Crippen molar-refractivity contribution in [2.75, 3.05) is 18.1 Å². The first-order valence-corrected chi connectivity index (χ1v) is 8.04. The third-order valence-electron chi connectivity index (χ3n) is 3.68. The molecule has 2 aromatic carbocycles. The lowest BCUT2D eigenvalue weighted by atomic mass is 10.1. The van der Waals surface area contributed by atoms with Crippen LogP contribution in [0.5, 0.6) is 5.75 Å². The number of aryl methyl sites for hydroxylation is 2. The van der Waals surface area contributed by atoms with Crippen molar-refractivity contribution >= 4 is 17.3 Å². The number of hydrogen-bond acceptors (Lipinski definition) is 5. The number of anilines is 1. The van der Waals surface area contributed by atoms with Gasteiger partial charge in [0.25, 0.3) is 5.91 Å². The van der Waals surface area contributed by atoms with Crippen LogP contribution in [0, 0.1) is 35.3 Å². The zero-order valence-electron chi connectivity index (χ0n) is 14.6. The van der Waals surface area contributed by atoms with Gasteiger partial charge in [-0.3, -0.25) is 14.9 Å². The highest BCUT2D eigenvalue weighted by Gasteiger charge is 2.19. The van der Waals surface area contributed by atoms with E-state index in [1.807, 2.05) is 38.1 Å². The lowest BCUT2D eigenvalue weighted by Crippen LogP contribution is -2.36. The van der Waals surface area contributed by atoms with Gasteiger partial charge in [-0.25, -0.2) is 0 Å². The van der Waals surface area contributed by atoms with Crippen molar-refractivity contribution in [1.82, 2.24) is 0 Å². The van der Waals surface area contributed by atoms with Crippen LogP contribution in [-0.2, 0) is 4.79 Å². The first kappa shape index (κ1) is 18.9. The second-order valence-electron chi connectivity index (χ2n) is 5.81. The molecule has 0 spiro atoms. The van der Waals surface area contributed by atoms with Crippen molar-refractivity contribution in [3.05, 3.63) is 63.7 Å². The number of amides is 1. The van der Waals surface area contributed by atoms with E-state index in [4.69, 9.17) is 10.00 Å². The fraction of sp³-hybridized carbons (Fsp3) is 0.263. The fourth-order valence-electron chi connectivity index (χ4n) is 2.61. The highest BCUT2D eigenvalue weighted by atomic mass is 16.6. The summed E-state index contributed by atoms with van der Waals surface area (Å²) in [7, 11) is 0. The highest BCUT2D eigenvalue weighted by Crippen LogP contribution is 2.26. The maximum Gasteiger partial charge on any atom is 0.310 e. The number of nitro benzene ring substituents is 1. The van der Waals surface area contributed by atoms with E-state index in [1.165, 1.54) is 23.1 Å². The van der Waals surface area contributed by atoms with E-state index >= 15 is 0 Å². The summed E-state index contributed by atoms with van der Waals surface area (Å²) in [4.78, 5) is 24.6. The van der Waals surface area contributed by atoms with Crippen LogP contribution in [0.1, 0.15) is 17.5 Å². The van der Waals surface area contributed by atoms with E-state index in [-0.39, 0.29) is 36.9 Å². The number of hydrogen-bond donors (Lipinski definition) is 0. The summed E-state index contributed by atoms with van der Waals surface area (Å²) in [6.07, 6.45) is 0.171. The summed E-state index contributed by atoms with van der Waals surface area (Å²) in [6, 6.07) is 13.6. The first-order chi connectivity index (χ1) is 12.4. The van der Waals surface area contributed by atoms with E-state index in [9.17, 15) is 14.9 Å². The molecule has 0 atom stereocenters. The predicted octanol–water partition coefficient (Wildman–Crippen LogP) is 3.54. The Hall–Kier alpha value is -3.40. The topological polar surface area (TPSA) is 96.5 Å². The van der Waals surface area contributed by atoms with Crippen LogP contribution in [-0.4, -0.2) is 24.0 Å². The molecule has 0 aliphatic carbocycles. The molecule has 0 aromatic heterocycles. The average Bonchev–Trinajstić information content (AvgIpc) is 2.59. The molecule has 0 bridgehead atoms. The third-order valence-corrected chi connectivity index (χ3v) is 3.68. The van der Waals surface area contributed by atoms with Crippen molar-refractivity contribution in [2.45, 2.75) is 20.3 Å². The zero-order chi connectivity index (χ0) is 19.1. The molecule has 0 heterocycles. The quantitative estimate of drug-likeness (QED) is 0.560. The standard InChI is InChI=1S/C19H19N3O4/c1-14-10-15(2)12-16(11-14)21(9-5-8-20)19(23)13-26-18-7-4-3-6-17(18)22(24)25/h3-4,6-7,10-12H,5,9,13H2,1-2H3. The third kappa shape index (κ3) is 4.80. The van der Waals surface area contributed by atoms with Gasteiger partial charge in [-0.1, -0.05) is 18.2 Å². The highest BCUT2D eigenvalue weighted by molar-refractivity contribution is 5.94. The average molecular weight is 353 g/mol. The molecular formula is C19H19N3O4. The summed E-state index contributed by atoms with van der Waals surface area (Å²) in [6.45, 7) is 3.71. The van der Waals surface area contributed by atoms with Crippen LogP contribution in [0.3, 0.4) is 0 Å². The van der Waals surface area contributed by atoms with Gasteiger partial charge in [0.05, 0.1) is 17.4 Å². The molecule has 26 heavy (non-hydrogen) atoms. The molecule has 0 saturated heterocycles. The van der Waals surface area contributed by atoms with Gasteiger partial charge >= 0.3 is 5.69 Å². The van der Waals surface area contributed by atoms with E-state index in [0.29, 0.717) is 5.69 Å². The molecule has 0 N–H and O–H groups in total. The lowest BCUT2D eigenvalue weighted by Gasteiger charge is -2.23. The monoisotopic (exact) mass is 353 g/mol. The molecule has 0 saturated carbocycles. The molecule has 7 nitrogen and oxygen atoms in total. The summed E-state index contributed by atoms with van der Waals surface area (Å²) < 4.78 is 5.39. The van der Waals surface area contributed by atoms with Crippen molar-refractivity contribution in [1.29, 1.82) is 5.26 Å². The van der Waals surface area contributed by atoms with E-state index in [0.717, 1.165) is 11.1 Å². The van der Waals surface area contributed by atoms with Gasteiger partial charge < -0.3 is 9.64 Å². The predicted molar refractivity (Wildman–Crippen MR) is 97.1 cm³/mol. The summed E-state index contributed by atoms with van der Waals surface area (Å²) in [5.41, 5.74) is 2.47. The number of para-hydroxylation sites is 2. The second kappa shape index (κ2) is 8.62. The number of carbonyl (C=O) groups is 1. The molecule has 0 aliphatic rings. The van der Waals surface area contributed by atoms with E-state index < -0.39 is 4.92 Å². The normalized spacial score (nSPS) is 10.0. The number of carbonyl (C=O) groups excluding carboxylic acids is 1. The largest absolute Gasteiger partial charge is 0.477 e. The molecule has 2 rings (SSSR count). The van der Waals surface area contributed by atoms with Crippen LogP contribution in [0.25, 0.3) is 0 Å². The molecule has 0 unspecified atom stereocenters. The maximum atomic E-state index is 12.6. The van der Waals surface area contributed by atoms with Crippen molar-refractivity contribution in [2.24, 2.45) is 0 Å². The Morgan fingerprint density at radius 3 is 2.50 bits per heavy atom. The summed E-state index contributed by atoms with van der Waals surface area (Å²) >= 11 is 0. The number of nitriles is 1. The van der Waals surface area contributed by atoms with Gasteiger partial charge in [0.2, 0.25) is 0 Å². The number of rotatable bonds is 7. The first-order valence-electron chi connectivity index (χ1n) is 8.04. The zero-order valence-corrected chi connectivity index (χ0v) is 14.6. The minimum absolute atomic E-state index is 0.0338. The van der Waals surface area contributed by atoms with Crippen LogP contribution >= 0.6 is 0 Å². The second-order valence-corrected chi connectivity index (χ2v) is 5.81. The Balaban J connectivity index is 2.20. The number of ether oxygens (including phenoxy) is 1. The number of benzene rings is 2. The van der Waals surface area contributed by atoms with Gasteiger partial charge in [-0.05, 0) is 43.2 Å². The van der Waals surface area contributed by atoms with E-state index in [2.05, 4.69) is 0 Å². The van der Waals surface area contributed by atoms with Crippen LogP contribution in [0.4, 0.5) is 11.4 Å². The summed E-state index contributed by atoms with van der Waals surface area (Å²) in [5, 5.41) is 19.9. The number of nitro groups is 1. The van der Waals surface area contributed by atoms with Gasteiger partial charge in [0.15, 0.2) is 12.4 Å². The molecule has 1 amide bonds. The van der Waals surface area contributed by atoms with Crippen molar-refractivity contribution < 1.29 is 14.5 Å². The fourth-order valence-corrected chi connectivity index (χ4v) is 2.61. The van der Waals surface area contributed by atoms with E-state index in [1.54, 1.807) is 6.07 Å². The molecule has 0 fully saturated rings. The van der Waals surface area contributed by atoms with Crippen LogP contribution < -0.4 is 9.64 Å². The Morgan fingerprint density at radius 1 is 1.23 bits per heavy atom. The molecule has 0 radical (unpaired) electrons. The number of nitrogens with zero attached hydrogens (tertiary/aromatic N) is 3. The van der Waals surface area contributed by atoms with Crippen molar-refractivity contribution in [3.8, 4) is 11.8 Å². The van der Waals surface area contributed by atoms with Gasteiger partial charge in [0, 0.05) is 18.3 Å². The summed E-state index contributed by atoms with van der Waals surface area (Å²) in [5.74, 6) is -0.338. The smallest absolute Gasteiger partial charge is 0.310 e. The Bertz CT molecular complexity index is 838. The SMILES string of the molecule is Cc1cc(C)cc(N(CCC#N)C(=O)COc2ccccc2[N+](=O)[O-])c1. The lowest BCUT2D eigenvalue weighted by molar-refractivity contribution is -0.385. The van der Waals surface area contributed by atoms with Crippen LogP contribution in [0.15, 0.2) is 42.5 Å².